The Bertz CT molecular complexity index is 972. The fourth-order valence-corrected chi connectivity index (χ4v) is 4.47. The number of likely N-dealkylation sites (N-methyl/N-ethyl adjacent to an activating group) is 1. The van der Waals surface area contributed by atoms with Gasteiger partial charge < -0.3 is 14.5 Å². The number of sulfonamides is 1. The van der Waals surface area contributed by atoms with Crippen LogP contribution in [0.15, 0.2) is 47.4 Å². The van der Waals surface area contributed by atoms with E-state index in [0.29, 0.717) is 11.4 Å². The van der Waals surface area contributed by atoms with Crippen molar-refractivity contribution in [3.8, 4) is 5.75 Å². The molecular weight excluding hydrogens is 407 g/mol. The van der Waals surface area contributed by atoms with Crippen LogP contribution >= 0.6 is 0 Å². The van der Waals surface area contributed by atoms with E-state index in [1.54, 1.807) is 12.1 Å². The van der Waals surface area contributed by atoms with Crippen LogP contribution in [-0.2, 0) is 16.2 Å². The third kappa shape index (κ3) is 4.76. The number of alkyl halides is 3. The van der Waals surface area contributed by atoms with E-state index >= 15 is 0 Å². The summed E-state index contributed by atoms with van der Waals surface area (Å²) >= 11 is 0. The van der Waals surface area contributed by atoms with Crippen molar-refractivity contribution in [2.75, 3.05) is 50.0 Å². The van der Waals surface area contributed by atoms with Crippen LogP contribution in [0.2, 0.25) is 0 Å². The molecule has 1 aliphatic heterocycles. The number of piperazine rings is 1. The molecule has 158 valence electrons. The first-order chi connectivity index (χ1) is 13.6. The molecule has 0 saturated carbocycles. The Morgan fingerprint density at radius 2 is 1.69 bits per heavy atom. The van der Waals surface area contributed by atoms with Gasteiger partial charge in [-0.15, -0.1) is 0 Å². The lowest BCUT2D eigenvalue weighted by atomic mass is 10.2. The van der Waals surface area contributed by atoms with Crippen molar-refractivity contribution in [1.29, 1.82) is 0 Å². The molecule has 0 aromatic heterocycles. The first-order valence-corrected chi connectivity index (χ1v) is 10.4. The van der Waals surface area contributed by atoms with Gasteiger partial charge in [0.1, 0.15) is 5.75 Å². The van der Waals surface area contributed by atoms with Crippen LogP contribution in [-0.4, -0.2) is 53.7 Å². The number of hydrogen-bond acceptors (Lipinski definition) is 5. The minimum Gasteiger partial charge on any atom is -0.495 e. The second-order valence-electron chi connectivity index (χ2n) is 6.78. The molecule has 0 radical (unpaired) electrons. The molecule has 0 spiro atoms. The zero-order valence-corrected chi connectivity index (χ0v) is 16.8. The van der Waals surface area contributed by atoms with Crippen LogP contribution in [0, 0.1) is 0 Å². The van der Waals surface area contributed by atoms with Gasteiger partial charge in [-0.3, -0.25) is 4.72 Å². The smallest absolute Gasteiger partial charge is 0.417 e. The Morgan fingerprint density at radius 3 is 2.31 bits per heavy atom. The average Bonchev–Trinajstić information content (AvgIpc) is 2.67. The lowest BCUT2D eigenvalue weighted by molar-refractivity contribution is -0.139. The Hall–Kier alpha value is -2.46. The maximum absolute atomic E-state index is 13.2. The van der Waals surface area contributed by atoms with Crippen molar-refractivity contribution in [2.45, 2.75) is 11.1 Å². The third-order valence-electron chi connectivity index (χ3n) is 4.76. The van der Waals surface area contributed by atoms with Gasteiger partial charge in [0.15, 0.2) is 0 Å². The van der Waals surface area contributed by atoms with E-state index in [0.717, 1.165) is 44.4 Å². The second kappa shape index (κ2) is 8.11. The molecule has 0 bridgehead atoms. The topological polar surface area (TPSA) is 61.9 Å². The van der Waals surface area contributed by atoms with Crippen LogP contribution < -0.4 is 14.4 Å². The predicted molar refractivity (Wildman–Crippen MR) is 105 cm³/mol. The summed E-state index contributed by atoms with van der Waals surface area (Å²) in [4.78, 5) is 3.41. The monoisotopic (exact) mass is 429 g/mol. The van der Waals surface area contributed by atoms with E-state index in [2.05, 4.69) is 14.5 Å². The molecule has 29 heavy (non-hydrogen) atoms. The highest BCUT2D eigenvalue weighted by molar-refractivity contribution is 7.92. The largest absolute Gasteiger partial charge is 0.495 e. The molecule has 0 unspecified atom stereocenters. The van der Waals surface area contributed by atoms with E-state index < -0.39 is 26.7 Å². The van der Waals surface area contributed by atoms with Crippen molar-refractivity contribution in [1.82, 2.24) is 4.90 Å². The summed E-state index contributed by atoms with van der Waals surface area (Å²) in [6, 6.07) is 8.74. The number of halogens is 3. The van der Waals surface area contributed by atoms with Crippen LogP contribution in [0.1, 0.15) is 5.56 Å². The number of rotatable bonds is 5. The van der Waals surface area contributed by atoms with Crippen molar-refractivity contribution in [3.63, 3.8) is 0 Å². The summed E-state index contributed by atoms with van der Waals surface area (Å²) < 4.78 is 72.7. The van der Waals surface area contributed by atoms with E-state index in [1.807, 2.05) is 7.05 Å². The van der Waals surface area contributed by atoms with Gasteiger partial charge in [0.05, 0.1) is 28.9 Å². The van der Waals surface area contributed by atoms with Gasteiger partial charge in [-0.05, 0) is 37.4 Å². The molecule has 1 N–H and O–H groups in total. The summed E-state index contributed by atoms with van der Waals surface area (Å²) in [5.41, 5.74) is -0.359. The highest BCUT2D eigenvalue weighted by Gasteiger charge is 2.37. The summed E-state index contributed by atoms with van der Waals surface area (Å²) in [5, 5.41) is 0. The average molecular weight is 429 g/mol. The second-order valence-corrected chi connectivity index (χ2v) is 8.43. The lowest BCUT2D eigenvalue weighted by Gasteiger charge is -2.35. The van der Waals surface area contributed by atoms with Gasteiger partial charge in [0.25, 0.3) is 10.0 Å². The third-order valence-corrected chi connectivity index (χ3v) is 6.20. The Morgan fingerprint density at radius 1 is 1.03 bits per heavy atom. The normalized spacial score (nSPS) is 16.0. The van der Waals surface area contributed by atoms with Gasteiger partial charge in [0, 0.05) is 26.2 Å². The molecular formula is C19H22F3N3O3S. The van der Waals surface area contributed by atoms with Crippen molar-refractivity contribution in [3.05, 3.63) is 48.0 Å². The standard InChI is InChI=1S/C19H22F3N3O3S/c1-24-9-11-25(12-10-24)16-13-14(7-8-17(16)28-2)23-29(26,27)18-6-4-3-5-15(18)19(20,21)22/h3-8,13,23H,9-12H2,1-2H3. The molecule has 0 amide bonds. The minimum absolute atomic E-state index is 0.164. The van der Waals surface area contributed by atoms with Gasteiger partial charge in [-0.1, -0.05) is 12.1 Å². The van der Waals surface area contributed by atoms with Crippen molar-refractivity contribution in [2.24, 2.45) is 0 Å². The zero-order chi connectivity index (χ0) is 21.2. The van der Waals surface area contributed by atoms with E-state index in [1.165, 1.54) is 19.2 Å². The maximum atomic E-state index is 13.2. The number of benzene rings is 2. The molecule has 6 nitrogen and oxygen atoms in total. The highest BCUT2D eigenvalue weighted by Crippen LogP contribution is 2.36. The number of methoxy groups -OCH3 is 1. The first kappa shape index (κ1) is 21.3. The predicted octanol–water partition coefficient (Wildman–Crippen LogP) is 3.27. The SMILES string of the molecule is COc1ccc(NS(=O)(=O)c2ccccc2C(F)(F)F)cc1N1CCN(C)CC1. The summed E-state index contributed by atoms with van der Waals surface area (Å²) in [6.45, 7) is 3.11. The quantitative estimate of drug-likeness (QED) is 0.791. The van der Waals surface area contributed by atoms with Gasteiger partial charge in [0.2, 0.25) is 0 Å². The molecule has 1 heterocycles. The highest BCUT2D eigenvalue weighted by atomic mass is 32.2. The number of anilines is 2. The van der Waals surface area contributed by atoms with Crippen molar-refractivity contribution >= 4 is 21.4 Å². The maximum Gasteiger partial charge on any atom is 0.417 e. The van der Waals surface area contributed by atoms with Crippen molar-refractivity contribution < 1.29 is 26.3 Å². The first-order valence-electron chi connectivity index (χ1n) is 8.92. The van der Waals surface area contributed by atoms with Crippen LogP contribution in [0.25, 0.3) is 0 Å². The molecule has 0 atom stereocenters. The van der Waals surface area contributed by atoms with Gasteiger partial charge in [-0.25, -0.2) is 8.42 Å². The fourth-order valence-electron chi connectivity index (χ4n) is 3.19. The molecule has 2 aromatic rings. The molecule has 1 fully saturated rings. The van der Waals surface area contributed by atoms with Crippen LogP contribution in [0.3, 0.4) is 0 Å². The molecule has 1 aliphatic rings. The number of ether oxygens (including phenoxy) is 1. The molecule has 2 aromatic carbocycles. The van der Waals surface area contributed by atoms with Gasteiger partial charge in [-0.2, -0.15) is 13.2 Å². The summed E-state index contributed by atoms with van der Waals surface area (Å²) in [6.07, 6.45) is -4.78. The fraction of sp³-hybridized carbons (Fsp3) is 0.368. The van der Waals surface area contributed by atoms with Crippen LogP contribution in [0.4, 0.5) is 24.5 Å². The lowest BCUT2D eigenvalue weighted by Crippen LogP contribution is -2.44. The van der Waals surface area contributed by atoms with Crippen LogP contribution in [0.5, 0.6) is 5.75 Å². The zero-order valence-electron chi connectivity index (χ0n) is 16.0. The van der Waals surface area contributed by atoms with E-state index in [-0.39, 0.29) is 5.69 Å². The Balaban J connectivity index is 1.93. The minimum atomic E-state index is -4.78. The molecule has 3 rings (SSSR count). The summed E-state index contributed by atoms with van der Waals surface area (Å²) in [5.74, 6) is 0.563. The number of nitrogens with zero attached hydrogens (tertiary/aromatic N) is 2. The molecule has 1 saturated heterocycles. The van der Waals surface area contributed by atoms with E-state index in [4.69, 9.17) is 4.74 Å². The van der Waals surface area contributed by atoms with E-state index in [9.17, 15) is 21.6 Å². The molecule has 10 heteroatoms. The summed E-state index contributed by atoms with van der Waals surface area (Å²) in [7, 11) is -0.917. The number of hydrogen-bond donors (Lipinski definition) is 1. The Kier molecular flexibility index (Phi) is 5.95. The molecule has 0 aliphatic carbocycles. The Labute approximate surface area is 167 Å². The van der Waals surface area contributed by atoms with Gasteiger partial charge >= 0.3 is 6.18 Å². The number of nitrogens with one attached hydrogen (secondary N) is 1.